The fourth-order valence-corrected chi connectivity index (χ4v) is 2.59. The molecule has 0 radical (unpaired) electrons. The minimum Gasteiger partial charge on any atom is -0.370 e. The summed E-state index contributed by atoms with van der Waals surface area (Å²) in [7, 11) is 0. The molecule has 1 aliphatic rings. The molecule has 0 bridgehead atoms. The SMILES string of the molecule is S=C(NCC[NH+]1CCOCC1)N/N=C\c1cccc(Cl)c1Cl. The highest BCUT2D eigenvalue weighted by molar-refractivity contribution is 7.80. The van der Waals surface area contributed by atoms with Crippen molar-refractivity contribution in [2.24, 2.45) is 5.10 Å². The van der Waals surface area contributed by atoms with Crippen molar-refractivity contribution in [1.82, 2.24) is 10.7 Å². The number of benzene rings is 1. The van der Waals surface area contributed by atoms with E-state index in [1.54, 1.807) is 12.3 Å². The molecule has 0 unspecified atom stereocenters. The summed E-state index contributed by atoms with van der Waals surface area (Å²) in [6, 6.07) is 5.38. The van der Waals surface area contributed by atoms with Gasteiger partial charge in [-0.1, -0.05) is 35.3 Å². The van der Waals surface area contributed by atoms with Gasteiger partial charge in [0.05, 0.1) is 42.6 Å². The summed E-state index contributed by atoms with van der Waals surface area (Å²) in [6.45, 7) is 5.58. The molecular weight excluding hydrogens is 343 g/mol. The first kappa shape index (κ1) is 17.4. The monoisotopic (exact) mass is 361 g/mol. The van der Waals surface area contributed by atoms with E-state index in [0.717, 1.165) is 45.0 Å². The van der Waals surface area contributed by atoms with E-state index < -0.39 is 0 Å². The van der Waals surface area contributed by atoms with Crippen LogP contribution in [-0.2, 0) is 4.74 Å². The number of quaternary nitrogens is 1. The van der Waals surface area contributed by atoms with E-state index in [9.17, 15) is 0 Å². The van der Waals surface area contributed by atoms with Crippen molar-refractivity contribution < 1.29 is 9.64 Å². The second kappa shape index (κ2) is 9.27. The number of rotatable bonds is 5. The van der Waals surface area contributed by atoms with Crippen molar-refractivity contribution in [3.05, 3.63) is 33.8 Å². The zero-order valence-electron chi connectivity index (χ0n) is 12.1. The van der Waals surface area contributed by atoms with Crippen LogP contribution in [0.5, 0.6) is 0 Å². The Labute approximate surface area is 145 Å². The van der Waals surface area contributed by atoms with Gasteiger partial charge in [0.1, 0.15) is 13.1 Å². The van der Waals surface area contributed by atoms with Gasteiger partial charge in [0.25, 0.3) is 0 Å². The molecule has 0 spiro atoms. The molecule has 1 saturated heterocycles. The first-order chi connectivity index (χ1) is 10.7. The van der Waals surface area contributed by atoms with Crippen LogP contribution in [0.3, 0.4) is 0 Å². The first-order valence-corrected chi connectivity index (χ1v) is 8.25. The van der Waals surface area contributed by atoms with Crippen molar-refractivity contribution >= 4 is 46.7 Å². The minimum atomic E-state index is 0.476. The van der Waals surface area contributed by atoms with Gasteiger partial charge in [-0.3, -0.25) is 5.43 Å². The summed E-state index contributed by atoms with van der Waals surface area (Å²) < 4.78 is 5.32. The van der Waals surface area contributed by atoms with Gasteiger partial charge in [0.2, 0.25) is 0 Å². The van der Waals surface area contributed by atoms with Crippen LogP contribution >= 0.6 is 35.4 Å². The maximum Gasteiger partial charge on any atom is 0.187 e. The van der Waals surface area contributed by atoms with Crippen LogP contribution in [0.15, 0.2) is 23.3 Å². The van der Waals surface area contributed by atoms with Crippen LogP contribution in [0.2, 0.25) is 10.0 Å². The number of ether oxygens (including phenoxy) is 1. The fraction of sp³-hybridized carbons (Fsp3) is 0.429. The van der Waals surface area contributed by atoms with Crippen molar-refractivity contribution in [1.29, 1.82) is 0 Å². The molecule has 3 N–H and O–H groups in total. The molecule has 0 saturated carbocycles. The molecule has 1 aromatic rings. The fourth-order valence-electron chi connectivity index (χ4n) is 2.08. The molecule has 8 heteroatoms. The predicted octanol–water partition coefficient (Wildman–Crippen LogP) is 0.707. The molecule has 0 amide bonds. The van der Waals surface area contributed by atoms with E-state index in [0.29, 0.717) is 15.2 Å². The first-order valence-electron chi connectivity index (χ1n) is 7.09. The molecule has 120 valence electrons. The van der Waals surface area contributed by atoms with Gasteiger partial charge in [0.15, 0.2) is 5.11 Å². The van der Waals surface area contributed by atoms with E-state index >= 15 is 0 Å². The van der Waals surface area contributed by atoms with E-state index in [-0.39, 0.29) is 0 Å². The lowest BCUT2D eigenvalue weighted by atomic mass is 10.2. The van der Waals surface area contributed by atoms with Crippen LogP contribution in [0.4, 0.5) is 0 Å². The Balaban J connectivity index is 1.68. The number of hydrogen-bond donors (Lipinski definition) is 3. The summed E-state index contributed by atoms with van der Waals surface area (Å²) in [5, 5.41) is 8.65. The topological polar surface area (TPSA) is 50.1 Å². The quantitative estimate of drug-likeness (QED) is 0.410. The highest BCUT2D eigenvalue weighted by Crippen LogP contribution is 2.23. The van der Waals surface area contributed by atoms with Gasteiger partial charge in [-0.05, 0) is 18.3 Å². The molecule has 5 nitrogen and oxygen atoms in total. The van der Waals surface area contributed by atoms with Crippen molar-refractivity contribution in [3.8, 4) is 0 Å². The molecule has 2 rings (SSSR count). The Kier molecular flexibility index (Phi) is 7.35. The van der Waals surface area contributed by atoms with Gasteiger partial charge >= 0.3 is 0 Å². The van der Waals surface area contributed by atoms with E-state index in [1.807, 2.05) is 12.1 Å². The number of nitrogens with zero attached hydrogens (tertiary/aromatic N) is 1. The van der Waals surface area contributed by atoms with Crippen molar-refractivity contribution in [2.75, 3.05) is 39.4 Å². The molecular formula is C14H19Cl2N4OS+. The molecule has 1 aliphatic heterocycles. The van der Waals surface area contributed by atoms with Gasteiger partial charge in [-0.2, -0.15) is 5.10 Å². The lowest BCUT2D eigenvalue weighted by Crippen LogP contribution is -3.14. The molecule has 22 heavy (non-hydrogen) atoms. The number of morpholine rings is 1. The van der Waals surface area contributed by atoms with E-state index in [2.05, 4.69) is 15.8 Å². The zero-order valence-corrected chi connectivity index (χ0v) is 14.4. The Morgan fingerprint density at radius 3 is 2.91 bits per heavy atom. The van der Waals surface area contributed by atoms with Gasteiger partial charge < -0.3 is 15.0 Å². The normalized spacial score (nSPS) is 15.9. The van der Waals surface area contributed by atoms with Gasteiger partial charge in [-0.15, -0.1) is 0 Å². The zero-order chi connectivity index (χ0) is 15.8. The summed E-state index contributed by atoms with van der Waals surface area (Å²) in [5.74, 6) is 0. The molecule has 1 fully saturated rings. The van der Waals surface area contributed by atoms with Crippen LogP contribution in [0.1, 0.15) is 5.56 Å². The lowest BCUT2D eigenvalue weighted by Gasteiger charge is -2.23. The second-order valence-corrected chi connectivity index (χ2v) is 6.07. The molecule has 0 aromatic heterocycles. The number of hydrogen-bond acceptors (Lipinski definition) is 3. The lowest BCUT2D eigenvalue weighted by molar-refractivity contribution is -0.906. The van der Waals surface area contributed by atoms with Crippen LogP contribution < -0.4 is 15.6 Å². The molecule has 1 heterocycles. The van der Waals surface area contributed by atoms with Crippen LogP contribution in [0.25, 0.3) is 0 Å². The molecule has 1 aromatic carbocycles. The smallest absolute Gasteiger partial charge is 0.187 e. The highest BCUT2D eigenvalue weighted by Gasteiger charge is 2.12. The Bertz CT molecular complexity index is 536. The number of nitrogens with one attached hydrogen (secondary N) is 3. The third kappa shape index (κ3) is 5.70. The number of thiocarbonyl (C=S) groups is 1. The van der Waals surface area contributed by atoms with Crippen molar-refractivity contribution in [2.45, 2.75) is 0 Å². The summed E-state index contributed by atoms with van der Waals surface area (Å²) in [4.78, 5) is 1.52. The third-order valence-corrected chi connectivity index (χ3v) is 4.38. The van der Waals surface area contributed by atoms with E-state index in [1.165, 1.54) is 4.90 Å². The predicted molar refractivity (Wildman–Crippen MR) is 94.2 cm³/mol. The Hall–Kier alpha value is -0.920. The summed E-state index contributed by atoms with van der Waals surface area (Å²) in [5.41, 5.74) is 3.51. The standard InChI is InChI=1S/C14H18Cl2N4OS/c15-12-3-1-2-11(13(12)16)10-18-19-14(22)17-4-5-20-6-8-21-9-7-20/h1-3,10H,4-9H2,(H2,17,19,22)/p+1/b18-10-. The maximum atomic E-state index is 6.07. The molecule has 0 atom stereocenters. The van der Waals surface area contributed by atoms with Gasteiger partial charge in [-0.25, -0.2) is 0 Å². The third-order valence-electron chi connectivity index (χ3n) is 3.32. The number of halogens is 2. The van der Waals surface area contributed by atoms with Crippen LogP contribution in [0, 0.1) is 0 Å². The summed E-state index contributed by atoms with van der Waals surface area (Å²) in [6.07, 6.45) is 1.59. The largest absolute Gasteiger partial charge is 0.370 e. The Morgan fingerprint density at radius 2 is 2.14 bits per heavy atom. The average Bonchev–Trinajstić information content (AvgIpc) is 2.52. The van der Waals surface area contributed by atoms with Gasteiger partial charge in [0, 0.05) is 5.56 Å². The number of hydrazone groups is 1. The second-order valence-electron chi connectivity index (χ2n) is 4.88. The van der Waals surface area contributed by atoms with Crippen molar-refractivity contribution in [3.63, 3.8) is 0 Å². The van der Waals surface area contributed by atoms with E-state index in [4.69, 9.17) is 40.2 Å². The Morgan fingerprint density at radius 1 is 1.36 bits per heavy atom. The summed E-state index contributed by atoms with van der Waals surface area (Å²) >= 11 is 17.2. The minimum absolute atomic E-state index is 0.476. The average molecular weight is 362 g/mol. The van der Waals surface area contributed by atoms with Crippen LogP contribution in [-0.4, -0.2) is 50.7 Å². The maximum absolute atomic E-state index is 6.07. The highest BCUT2D eigenvalue weighted by atomic mass is 35.5. The molecule has 0 aliphatic carbocycles.